The molecule has 2 heterocycles. The van der Waals surface area contributed by atoms with Crippen molar-refractivity contribution in [1.29, 1.82) is 0 Å². The largest absolute Gasteiger partial charge is 0.337 e. The van der Waals surface area contributed by atoms with E-state index in [1.54, 1.807) is 4.90 Å². The first-order chi connectivity index (χ1) is 7.83. The molecule has 0 radical (unpaired) electrons. The lowest BCUT2D eigenvalue weighted by Crippen LogP contribution is -3.10. The van der Waals surface area contributed by atoms with Gasteiger partial charge in [-0.2, -0.15) is 0 Å². The van der Waals surface area contributed by atoms with E-state index < -0.39 is 0 Å². The predicted octanol–water partition coefficient (Wildman–Crippen LogP) is 1.69. The molecule has 1 fully saturated rings. The van der Waals surface area contributed by atoms with E-state index in [2.05, 4.69) is 31.3 Å². The van der Waals surface area contributed by atoms with E-state index in [0.29, 0.717) is 5.92 Å². The summed E-state index contributed by atoms with van der Waals surface area (Å²) in [6, 6.07) is 8.47. The number of quaternary nitrogens is 1. The molecule has 16 heavy (non-hydrogen) atoms. The van der Waals surface area contributed by atoms with Crippen LogP contribution in [0.5, 0.6) is 0 Å². The number of nitrogens with one attached hydrogen (secondary N) is 1. The van der Waals surface area contributed by atoms with Crippen LogP contribution in [0, 0.1) is 0 Å². The zero-order valence-electron chi connectivity index (χ0n) is 9.57. The number of aromatic nitrogens is 1. The third-order valence-electron chi connectivity index (χ3n) is 3.50. The highest BCUT2D eigenvalue weighted by Gasteiger charge is 2.23. The number of hydrogen-bond donors (Lipinski definition) is 1. The molecule has 1 aliphatic rings. The lowest BCUT2D eigenvalue weighted by atomic mass is 9.98. The van der Waals surface area contributed by atoms with Crippen molar-refractivity contribution in [3.05, 3.63) is 29.3 Å². The summed E-state index contributed by atoms with van der Waals surface area (Å²) in [6.45, 7) is 2.58. The summed E-state index contributed by atoms with van der Waals surface area (Å²) < 4.78 is 1.34. The van der Waals surface area contributed by atoms with Crippen LogP contribution in [0.3, 0.4) is 0 Å². The van der Waals surface area contributed by atoms with Crippen molar-refractivity contribution in [1.82, 2.24) is 4.98 Å². The van der Waals surface area contributed by atoms with E-state index in [1.807, 2.05) is 11.3 Å². The molecule has 0 amide bonds. The molecule has 1 aromatic heterocycles. The Morgan fingerprint density at radius 2 is 2.00 bits per heavy atom. The van der Waals surface area contributed by atoms with Crippen LogP contribution in [0.1, 0.15) is 23.8 Å². The van der Waals surface area contributed by atoms with Crippen molar-refractivity contribution in [2.24, 2.45) is 0 Å². The zero-order chi connectivity index (χ0) is 11.0. The lowest BCUT2D eigenvalue weighted by Gasteiger charge is -2.24. The molecule has 3 rings (SSSR count). The van der Waals surface area contributed by atoms with E-state index in [0.717, 1.165) is 0 Å². The molecule has 0 saturated carbocycles. The number of hydrogen-bond acceptors (Lipinski definition) is 2. The summed E-state index contributed by atoms with van der Waals surface area (Å²) in [4.78, 5) is 6.43. The van der Waals surface area contributed by atoms with Crippen molar-refractivity contribution in [2.75, 3.05) is 20.1 Å². The maximum Gasteiger partial charge on any atom is 0.0974 e. The fourth-order valence-corrected chi connectivity index (χ4v) is 3.56. The van der Waals surface area contributed by atoms with Gasteiger partial charge in [-0.3, -0.25) is 0 Å². The number of rotatable bonds is 1. The number of likely N-dealkylation sites (tertiary alicyclic amines) is 1. The first-order valence-electron chi connectivity index (χ1n) is 6.00. The Hall–Kier alpha value is -0.930. The third-order valence-corrected chi connectivity index (χ3v) is 4.70. The summed E-state index contributed by atoms with van der Waals surface area (Å²) in [6.07, 6.45) is 2.59. The molecule has 2 aromatic rings. The quantitative estimate of drug-likeness (QED) is 0.793. The van der Waals surface area contributed by atoms with Gasteiger partial charge in [0.25, 0.3) is 0 Å². The van der Waals surface area contributed by atoms with Crippen molar-refractivity contribution < 1.29 is 4.90 Å². The van der Waals surface area contributed by atoms with Crippen LogP contribution in [0.2, 0.25) is 0 Å². The summed E-state index contributed by atoms with van der Waals surface area (Å²) >= 11 is 1.88. The molecule has 0 atom stereocenters. The molecule has 1 aromatic carbocycles. The van der Waals surface area contributed by atoms with Gasteiger partial charge in [-0.25, -0.2) is 4.98 Å². The fraction of sp³-hybridized carbons (Fsp3) is 0.462. The Morgan fingerprint density at radius 1 is 1.25 bits per heavy atom. The fourth-order valence-electron chi connectivity index (χ4n) is 2.42. The molecule has 84 valence electrons. The minimum atomic E-state index is 0.709. The predicted molar refractivity (Wildman–Crippen MR) is 68.2 cm³/mol. The summed E-state index contributed by atoms with van der Waals surface area (Å²) in [5, 5.41) is 1.36. The average Bonchev–Trinajstić information content (AvgIpc) is 2.73. The highest BCUT2D eigenvalue weighted by atomic mass is 32.1. The van der Waals surface area contributed by atoms with Crippen LogP contribution in [0.25, 0.3) is 10.2 Å². The van der Waals surface area contributed by atoms with Gasteiger partial charge in [-0.15, -0.1) is 11.3 Å². The van der Waals surface area contributed by atoms with Crippen molar-refractivity contribution in [3.8, 4) is 0 Å². The maximum absolute atomic E-state index is 4.77. The Labute approximate surface area is 99.9 Å². The summed E-state index contributed by atoms with van der Waals surface area (Å²) in [5.41, 5.74) is 1.17. The van der Waals surface area contributed by atoms with E-state index in [9.17, 15) is 0 Å². The molecular weight excluding hydrogens is 216 g/mol. The molecule has 1 saturated heterocycles. The van der Waals surface area contributed by atoms with E-state index in [1.165, 1.54) is 41.2 Å². The molecule has 3 heteroatoms. The SMILES string of the molecule is C[NH+]1CCC(c2nc3ccccc3s2)CC1. The van der Waals surface area contributed by atoms with E-state index >= 15 is 0 Å². The van der Waals surface area contributed by atoms with Crippen molar-refractivity contribution in [2.45, 2.75) is 18.8 Å². The number of nitrogens with zero attached hydrogens (tertiary/aromatic N) is 1. The number of piperidine rings is 1. The second kappa shape index (κ2) is 4.15. The Morgan fingerprint density at radius 3 is 2.75 bits per heavy atom. The lowest BCUT2D eigenvalue weighted by molar-refractivity contribution is -0.885. The summed E-state index contributed by atoms with van der Waals surface area (Å²) in [7, 11) is 2.29. The molecule has 1 aliphatic heterocycles. The second-order valence-corrected chi connectivity index (χ2v) is 5.81. The Bertz CT molecular complexity index is 450. The first-order valence-corrected chi connectivity index (χ1v) is 6.81. The Kier molecular flexibility index (Phi) is 2.65. The average molecular weight is 233 g/mol. The number of fused-ring (bicyclic) bond motifs is 1. The van der Waals surface area contributed by atoms with Gasteiger partial charge in [0.2, 0.25) is 0 Å². The maximum atomic E-state index is 4.77. The Balaban J connectivity index is 1.88. The van der Waals surface area contributed by atoms with Gasteiger partial charge in [-0.1, -0.05) is 12.1 Å². The minimum Gasteiger partial charge on any atom is -0.337 e. The molecule has 0 aliphatic carbocycles. The van der Waals surface area contributed by atoms with Crippen LogP contribution in [0.15, 0.2) is 24.3 Å². The highest BCUT2D eigenvalue weighted by molar-refractivity contribution is 7.18. The highest BCUT2D eigenvalue weighted by Crippen LogP contribution is 2.31. The van der Waals surface area contributed by atoms with Crippen molar-refractivity contribution >= 4 is 21.6 Å². The first kappa shape index (κ1) is 10.2. The van der Waals surface area contributed by atoms with Gasteiger partial charge in [0.05, 0.1) is 35.4 Å². The van der Waals surface area contributed by atoms with E-state index in [4.69, 9.17) is 4.98 Å². The van der Waals surface area contributed by atoms with Gasteiger partial charge < -0.3 is 4.90 Å². The standard InChI is InChI=1S/C13H16N2S/c1-15-8-6-10(7-9-15)13-14-11-4-2-3-5-12(11)16-13/h2-5,10H,6-9H2,1H3/p+1. The number of para-hydroxylation sites is 1. The van der Waals surface area contributed by atoms with Crippen LogP contribution in [0.4, 0.5) is 0 Å². The number of benzene rings is 1. The monoisotopic (exact) mass is 233 g/mol. The molecule has 2 nitrogen and oxygen atoms in total. The van der Waals surface area contributed by atoms with Crippen LogP contribution in [-0.4, -0.2) is 25.1 Å². The third kappa shape index (κ3) is 1.85. The van der Waals surface area contributed by atoms with Crippen molar-refractivity contribution in [3.63, 3.8) is 0 Å². The molecular formula is C13H17N2S+. The molecule has 0 bridgehead atoms. The van der Waals surface area contributed by atoms with Gasteiger partial charge in [0.15, 0.2) is 0 Å². The number of thiazole rings is 1. The van der Waals surface area contributed by atoms with Crippen LogP contribution < -0.4 is 4.90 Å². The van der Waals surface area contributed by atoms with E-state index in [-0.39, 0.29) is 0 Å². The van der Waals surface area contributed by atoms with Crippen LogP contribution >= 0.6 is 11.3 Å². The molecule has 0 spiro atoms. The molecule has 0 unspecified atom stereocenters. The minimum absolute atomic E-state index is 0.709. The molecule has 1 N–H and O–H groups in total. The normalized spacial score (nSPS) is 26.1. The topological polar surface area (TPSA) is 17.3 Å². The smallest absolute Gasteiger partial charge is 0.0974 e. The zero-order valence-corrected chi connectivity index (χ0v) is 10.4. The van der Waals surface area contributed by atoms with Gasteiger partial charge in [0, 0.05) is 18.8 Å². The second-order valence-electron chi connectivity index (χ2n) is 4.75. The van der Waals surface area contributed by atoms with Gasteiger partial charge >= 0.3 is 0 Å². The van der Waals surface area contributed by atoms with Crippen LogP contribution in [-0.2, 0) is 0 Å². The van der Waals surface area contributed by atoms with Gasteiger partial charge in [-0.05, 0) is 12.1 Å². The summed E-state index contributed by atoms with van der Waals surface area (Å²) in [5.74, 6) is 0.709. The van der Waals surface area contributed by atoms with Gasteiger partial charge in [0.1, 0.15) is 0 Å².